The van der Waals surface area contributed by atoms with E-state index in [1.807, 2.05) is 37.6 Å². The van der Waals surface area contributed by atoms with Gasteiger partial charge < -0.3 is 10.4 Å². The van der Waals surface area contributed by atoms with Gasteiger partial charge >= 0.3 is 12.0 Å². The van der Waals surface area contributed by atoms with E-state index in [9.17, 15) is 9.59 Å². The van der Waals surface area contributed by atoms with Crippen LogP contribution >= 0.6 is 0 Å². The molecule has 0 aromatic carbocycles. The van der Waals surface area contributed by atoms with E-state index >= 15 is 0 Å². The van der Waals surface area contributed by atoms with Crippen LogP contribution in [-0.4, -0.2) is 41.8 Å². The smallest absolute Gasteiger partial charge is 0.320 e. The van der Waals surface area contributed by atoms with Gasteiger partial charge in [0.25, 0.3) is 0 Å². The molecule has 9 nitrogen and oxygen atoms in total. The van der Waals surface area contributed by atoms with Gasteiger partial charge in [0.05, 0.1) is 6.20 Å². The highest BCUT2D eigenvalue weighted by atomic mass is 16.4. The number of fused-ring (bicyclic) bond motifs is 1. The molecule has 0 spiro atoms. The Kier molecular flexibility index (Phi) is 4.85. The minimum absolute atomic E-state index is 0.0240. The number of amides is 2. The van der Waals surface area contributed by atoms with Crippen molar-refractivity contribution in [2.75, 3.05) is 5.32 Å². The first kappa shape index (κ1) is 18.4. The van der Waals surface area contributed by atoms with Crippen LogP contribution in [0.15, 0.2) is 36.8 Å². The van der Waals surface area contributed by atoms with E-state index in [4.69, 9.17) is 5.11 Å². The molecule has 3 heterocycles. The maximum Gasteiger partial charge on any atom is 0.320 e. The van der Waals surface area contributed by atoms with Crippen LogP contribution in [0.3, 0.4) is 0 Å². The Morgan fingerprint density at radius 3 is 2.74 bits per heavy atom. The molecule has 0 atom stereocenters. The molecule has 0 unspecified atom stereocenters. The molecule has 0 saturated heterocycles. The van der Waals surface area contributed by atoms with Crippen molar-refractivity contribution in [2.45, 2.75) is 32.2 Å². The number of aromatic nitrogens is 4. The van der Waals surface area contributed by atoms with Crippen LogP contribution in [0.1, 0.15) is 26.7 Å². The summed E-state index contributed by atoms with van der Waals surface area (Å²) in [5.74, 6) is -0.379. The molecule has 0 bridgehead atoms. The summed E-state index contributed by atoms with van der Waals surface area (Å²) < 4.78 is 3.45. The fourth-order valence-electron chi connectivity index (χ4n) is 2.79. The predicted molar refractivity (Wildman–Crippen MR) is 100 cm³/mol. The van der Waals surface area contributed by atoms with E-state index < -0.39 is 17.5 Å². The van der Waals surface area contributed by atoms with Crippen LogP contribution in [0.5, 0.6) is 0 Å². The molecular formula is C18H22N6O3. The maximum atomic E-state index is 12.6. The molecule has 0 saturated carbocycles. The summed E-state index contributed by atoms with van der Waals surface area (Å²) in [5, 5.41) is 18.7. The van der Waals surface area contributed by atoms with E-state index in [-0.39, 0.29) is 6.42 Å². The molecule has 0 aliphatic carbocycles. The van der Waals surface area contributed by atoms with Gasteiger partial charge in [-0.3, -0.25) is 19.2 Å². The Bertz CT molecular complexity index is 988. The average Bonchev–Trinajstić information content (AvgIpc) is 3.17. The average molecular weight is 370 g/mol. The SMILES string of the molecule is Cn1cc(-c2nc3ccccn3c2NC(=O)NC(C)(C)CCC(=O)O)cn1. The van der Waals surface area contributed by atoms with Gasteiger partial charge in [-0.25, -0.2) is 9.78 Å². The zero-order valence-electron chi connectivity index (χ0n) is 15.4. The second-order valence-corrected chi connectivity index (χ2v) is 7.00. The minimum Gasteiger partial charge on any atom is -0.481 e. The van der Waals surface area contributed by atoms with Gasteiger partial charge in [0.1, 0.15) is 17.2 Å². The third kappa shape index (κ3) is 4.25. The molecular weight excluding hydrogens is 348 g/mol. The number of anilines is 1. The summed E-state index contributed by atoms with van der Waals surface area (Å²) in [5.41, 5.74) is 1.41. The Hall–Kier alpha value is -3.36. The normalized spacial score (nSPS) is 11.5. The number of aliphatic carboxylic acids is 1. The van der Waals surface area contributed by atoms with E-state index in [0.717, 1.165) is 5.56 Å². The number of urea groups is 1. The topological polar surface area (TPSA) is 114 Å². The van der Waals surface area contributed by atoms with Crippen LogP contribution in [0.2, 0.25) is 0 Å². The van der Waals surface area contributed by atoms with Crippen LogP contribution < -0.4 is 10.6 Å². The number of imidazole rings is 1. The quantitative estimate of drug-likeness (QED) is 0.617. The summed E-state index contributed by atoms with van der Waals surface area (Å²) in [7, 11) is 1.81. The Balaban J connectivity index is 1.87. The maximum absolute atomic E-state index is 12.6. The molecule has 3 aromatic heterocycles. The molecule has 0 aliphatic rings. The number of carbonyl (C=O) groups excluding carboxylic acids is 1. The number of carboxylic acids is 1. The zero-order valence-corrected chi connectivity index (χ0v) is 15.4. The van der Waals surface area contributed by atoms with Crippen molar-refractivity contribution in [3.63, 3.8) is 0 Å². The molecule has 3 aromatic rings. The number of nitrogens with one attached hydrogen (secondary N) is 2. The van der Waals surface area contributed by atoms with Crippen molar-refractivity contribution in [3.05, 3.63) is 36.8 Å². The Morgan fingerprint density at radius 1 is 1.30 bits per heavy atom. The second-order valence-electron chi connectivity index (χ2n) is 7.00. The number of carboxylic acid groups (broad SMARTS) is 1. The number of hydrogen-bond donors (Lipinski definition) is 3. The summed E-state index contributed by atoms with van der Waals surface area (Å²) in [4.78, 5) is 28.0. The van der Waals surface area contributed by atoms with Gasteiger partial charge in [-0.05, 0) is 32.4 Å². The highest BCUT2D eigenvalue weighted by molar-refractivity contribution is 5.93. The number of aryl methyl sites for hydroxylation is 1. The first-order chi connectivity index (χ1) is 12.7. The summed E-state index contributed by atoms with van der Waals surface area (Å²) in [6.07, 6.45) is 5.61. The number of pyridine rings is 1. The molecule has 2 amide bonds. The van der Waals surface area contributed by atoms with Gasteiger partial charge in [0.2, 0.25) is 0 Å². The van der Waals surface area contributed by atoms with Gasteiger partial charge in [-0.2, -0.15) is 5.10 Å². The third-order valence-corrected chi connectivity index (χ3v) is 4.16. The van der Waals surface area contributed by atoms with E-state index in [1.165, 1.54) is 0 Å². The molecule has 9 heteroatoms. The fourth-order valence-corrected chi connectivity index (χ4v) is 2.79. The molecule has 3 N–H and O–H groups in total. The molecule has 0 radical (unpaired) electrons. The van der Waals surface area contributed by atoms with E-state index in [2.05, 4.69) is 20.7 Å². The second kappa shape index (κ2) is 7.10. The summed E-state index contributed by atoms with van der Waals surface area (Å²) >= 11 is 0. The Morgan fingerprint density at radius 2 is 2.07 bits per heavy atom. The van der Waals surface area contributed by atoms with Crippen LogP contribution in [-0.2, 0) is 11.8 Å². The van der Waals surface area contributed by atoms with E-state index in [1.54, 1.807) is 29.1 Å². The van der Waals surface area contributed by atoms with Crippen molar-refractivity contribution >= 4 is 23.5 Å². The monoisotopic (exact) mass is 370 g/mol. The van der Waals surface area contributed by atoms with Crippen molar-refractivity contribution < 1.29 is 14.7 Å². The molecule has 3 rings (SSSR count). The minimum atomic E-state index is -0.897. The van der Waals surface area contributed by atoms with E-state index in [0.29, 0.717) is 23.6 Å². The van der Waals surface area contributed by atoms with Crippen molar-refractivity contribution in [2.24, 2.45) is 7.05 Å². The van der Waals surface area contributed by atoms with Crippen LogP contribution in [0.4, 0.5) is 10.6 Å². The van der Waals surface area contributed by atoms with Gasteiger partial charge in [0, 0.05) is 37.0 Å². The third-order valence-electron chi connectivity index (χ3n) is 4.16. The van der Waals surface area contributed by atoms with Crippen LogP contribution in [0, 0.1) is 0 Å². The van der Waals surface area contributed by atoms with Crippen LogP contribution in [0.25, 0.3) is 16.9 Å². The first-order valence-corrected chi connectivity index (χ1v) is 8.52. The van der Waals surface area contributed by atoms with Crippen molar-refractivity contribution in [1.29, 1.82) is 0 Å². The number of carbonyl (C=O) groups is 2. The van der Waals surface area contributed by atoms with Crippen molar-refractivity contribution in [3.8, 4) is 11.3 Å². The number of nitrogens with zero attached hydrogens (tertiary/aromatic N) is 4. The highest BCUT2D eigenvalue weighted by Gasteiger charge is 2.23. The predicted octanol–water partition coefficient (Wildman–Crippen LogP) is 2.50. The number of hydrogen-bond acceptors (Lipinski definition) is 4. The van der Waals surface area contributed by atoms with Gasteiger partial charge in [0.15, 0.2) is 0 Å². The summed E-state index contributed by atoms with van der Waals surface area (Å²) in [6, 6.07) is 5.14. The van der Waals surface area contributed by atoms with Gasteiger partial charge in [-0.1, -0.05) is 6.07 Å². The number of rotatable bonds is 6. The molecule has 142 valence electrons. The lowest BCUT2D eigenvalue weighted by Crippen LogP contribution is -2.46. The standard InChI is InChI=1S/C18H22N6O3/c1-18(2,8-7-14(25)26)22-17(27)21-16-15(12-10-19-23(3)11-12)20-13-6-4-5-9-24(13)16/h4-6,9-11H,7-8H2,1-3H3,(H,25,26)(H2,21,22,27). The fraction of sp³-hybridized carbons (Fsp3) is 0.333. The molecule has 27 heavy (non-hydrogen) atoms. The lowest BCUT2D eigenvalue weighted by molar-refractivity contribution is -0.137. The lowest BCUT2D eigenvalue weighted by atomic mass is 9.99. The zero-order chi connectivity index (χ0) is 19.6. The highest BCUT2D eigenvalue weighted by Crippen LogP contribution is 2.28. The van der Waals surface area contributed by atoms with Gasteiger partial charge in [-0.15, -0.1) is 0 Å². The lowest BCUT2D eigenvalue weighted by Gasteiger charge is -2.25. The largest absolute Gasteiger partial charge is 0.481 e. The first-order valence-electron chi connectivity index (χ1n) is 8.52. The van der Waals surface area contributed by atoms with Crippen molar-refractivity contribution in [1.82, 2.24) is 24.5 Å². The Labute approximate surface area is 156 Å². The molecule has 0 aliphatic heterocycles. The summed E-state index contributed by atoms with van der Waals surface area (Å²) in [6.45, 7) is 3.57. The molecule has 0 fully saturated rings.